The number of alkyl carbamates (subject to hydrolysis) is 2. The molecule has 117 heavy (non-hydrogen) atoms. The van der Waals surface area contributed by atoms with Gasteiger partial charge in [-0.1, -0.05) is 106 Å². The Morgan fingerprint density at radius 1 is 0.726 bits per heavy atom. The Labute approximate surface area is 708 Å². The standard InChI is InChI=1S/C47H43FN4O8.C19H21FN2O4.C18H22FNO4.C3H3Br.CH3F.Na.H/c1-2-17-51-25-31(37-23-32(48)14-15-40(37)51)21-30-22-41(53)39(50-47(58)60-26-38-35-12-5-3-10-33(35)34-11-4-6-13-36(34)38)20-28-8-7-9-29(19-28)24-49-43(54)27-59-42-16-18-52(45(30)55)44(42)46(56)57;1-5-8-22-11-12(14-10-13(20)6-7-16(14)22)9-15(17(23)24)21-18(25)26-19(2,3)4;1-18(2,3)24-16(21)8-11(17(22)23-4)7-12-10-20-15-6-5-13(19)9-14(12)15;1-2-3-4;1-2;;/h1,3-15,19,23,25,30,38-39,42,44H,16-18,20-22,24,26-27H2,(H,49,54)(H,50,58)(H,56,57);1,6-7,10-11,15H,8-9H2,2-4H3,(H,21,25)(H,23,24);5-6,9-11,20H,7-8H2,1-4H3;1H,3H2;1H3;;/q;;;;;+1;-1/t30-,39+,42+,44+;15-;11-;;;;/m101..../s1/i;;;;1D;;. The van der Waals surface area contributed by atoms with Crippen molar-refractivity contribution in [1.82, 2.24) is 35.0 Å². The molecule has 612 valence electrons. The van der Waals surface area contributed by atoms with Crippen molar-refractivity contribution in [1.29, 1.82) is 0 Å². The molecule has 0 saturated carbocycles. The summed E-state index contributed by atoms with van der Waals surface area (Å²) >= 11 is 3.01. The molecule has 3 aromatic heterocycles. The fourth-order valence-electron chi connectivity index (χ4n) is 14.1. The van der Waals surface area contributed by atoms with Crippen LogP contribution >= 0.6 is 15.9 Å². The molecule has 0 radical (unpaired) electrons. The number of alkyl halides is 2. The van der Waals surface area contributed by atoms with Gasteiger partial charge in [0, 0.05) is 89.1 Å². The minimum atomic E-state index is -1.44. The number of nitrogens with zero attached hydrogens (tertiary/aromatic N) is 3. The van der Waals surface area contributed by atoms with Crippen LogP contribution in [-0.2, 0) is 103 Å². The molecule has 12 rings (SSSR count). The Bertz CT molecular complexity index is 5190. The zero-order chi connectivity index (χ0) is 85.4. The van der Waals surface area contributed by atoms with Crippen molar-refractivity contribution in [2.24, 2.45) is 11.8 Å². The van der Waals surface area contributed by atoms with Gasteiger partial charge in [0.25, 0.3) is 0 Å². The molecule has 29 heteroatoms. The molecule has 1 aliphatic carbocycles. The van der Waals surface area contributed by atoms with Gasteiger partial charge in [-0.2, -0.15) is 0 Å². The topological polar surface area (TPSA) is 305 Å². The molecule has 2 aliphatic heterocycles. The monoisotopic (exact) mass is 1680 g/mol. The molecule has 3 aliphatic rings. The largest absolute Gasteiger partial charge is 1.00 e. The molecule has 5 heterocycles. The number of terminal acetylenes is 3. The van der Waals surface area contributed by atoms with E-state index in [1.165, 1.54) is 48.4 Å². The van der Waals surface area contributed by atoms with Crippen molar-refractivity contribution in [2.75, 3.05) is 39.4 Å². The number of esters is 2. The van der Waals surface area contributed by atoms with Crippen LogP contribution in [0.3, 0.4) is 0 Å². The van der Waals surface area contributed by atoms with Crippen molar-refractivity contribution >= 4 is 102 Å². The molecule has 1 saturated heterocycles. The van der Waals surface area contributed by atoms with Gasteiger partial charge in [0.1, 0.15) is 47.9 Å². The number of ether oxygens (including phenoxy) is 5. The number of rotatable bonds is 17. The van der Waals surface area contributed by atoms with Crippen LogP contribution in [0.5, 0.6) is 0 Å². The van der Waals surface area contributed by atoms with Crippen LogP contribution in [0, 0.1) is 66.3 Å². The number of ketones is 1. The number of Topliss-reactive ketones (excluding diaryl/α,β-unsaturated/α-hetero) is 1. The van der Waals surface area contributed by atoms with E-state index >= 15 is 0 Å². The first-order valence-electron chi connectivity index (χ1n) is 37.6. The van der Waals surface area contributed by atoms with E-state index in [1.807, 2.05) is 54.6 Å². The van der Waals surface area contributed by atoms with Gasteiger partial charge in [0.2, 0.25) is 11.8 Å². The molecular weight excluding hydrogens is 1590 g/mol. The van der Waals surface area contributed by atoms with E-state index in [2.05, 4.69) is 54.6 Å². The number of methoxy groups -OCH3 is 1. The van der Waals surface area contributed by atoms with Gasteiger partial charge in [-0.3, -0.25) is 28.4 Å². The van der Waals surface area contributed by atoms with Gasteiger partial charge in [0.05, 0.1) is 58.5 Å². The second-order valence-electron chi connectivity index (χ2n) is 29.4. The summed E-state index contributed by atoms with van der Waals surface area (Å²) in [5.74, 6) is -1.06. The molecule has 4 bridgehead atoms. The third kappa shape index (κ3) is 25.7. The van der Waals surface area contributed by atoms with E-state index in [9.17, 15) is 70.9 Å². The van der Waals surface area contributed by atoms with Crippen molar-refractivity contribution in [3.05, 3.63) is 202 Å². The summed E-state index contributed by atoms with van der Waals surface area (Å²) in [5.41, 5.74) is 8.11. The molecule has 6 atom stereocenters. The first kappa shape index (κ1) is 91.3. The Balaban J connectivity index is 0.000000307. The molecule has 0 unspecified atom stereocenters. The van der Waals surface area contributed by atoms with E-state index < -0.39 is 133 Å². The summed E-state index contributed by atoms with van der Waals surface area (Å²) in [6, 6.07) is 32.0. The van der Waals surface area contributed by atoms with E-state index in [0.717, 1.165) is 38.9 Å². The van der Waals surface area contributed by atoms with E-state index in [4.69, 9.17) is 44.3 Å². The van der Waals surface area contributed by atoms with Gasteiger partial charge in [-0.15, -0.1) is 19.3 Å². The van der Waals surface area contributed by atoms with Gasteiger partial charge < -0.3 is 70.3 Å². The smallest absolute Gasteiger partial charge is 1.00 e. The molecule has 0 spiro atoms. The summed E-state index contributed by atoms with van der Waals surface area (Å²) < 4.78 is 87.6. The number of aromatic amines is 1. The van der Waals surface area contributed by atoms with Crippen molar-refractivity contribution in [3.63, 3.8) is 0 Å². The number of H-pyrrole nitrogens is 1. The third-order valence-corrected chi connectivity index (χ3v) is 19.3. The molecule has 23 nitrogen and oxygen atoms in total. The first-order valence-corrected chi connectivity index (χ1v) is 38.0. The summed E-state index contributed by atoms with van der Waals surface area (Å²) in [7, 11) is 0.277. The first-order chi connectivity index (χ1) is 55.7. The summed E-state index contributed by atoms with van der Waals surface area (Å²) in [5, 5.41) is 30.1. The number of nitrogens with one attached hydrogen (secondary N) is 4. The number of halogens is 5. The average Bonchev–Trinajstić information content (AvgIpc) is 1.62. The van der Waals surface area contributed by atoms with Crippen LogP contribution < -0.4 is 45.5 Å². The van der Waals surface area contributed by atoms with E-state index in [0.29, 0.717) is 49.2 Å². The van der Waals surface area contributed by atoms with Crippen LogP contribution in [0.25, 0.3) is 43.8 Å². The van der Waals surface area contributed by atoms with Gasteiger partial charge in [-0.05, 0) is 172 Å². The Kier molecular flexibility index (Phi) is 33.7. The SMILES string of the molecule is C#CCBr.C#CCn1cc(C[C@@H]2CC(=O)[C@@H](NC(=O)OCC3c4ccccc4-c4ccccc43)Cc3cccc(c3)CNC(=O)CO[C@H]3CCN(C2=O)[C@@H]3C(=O)O)c2cc(F)ccc21.C#CCn1cc(C[C@H](NC(=O)OC(C)(C)C)C(=O)O)c2cc(F)ccc21.COC(=O)[C@@H](CC(=O)OC(C)(C)C)Cc1c[nH]c2ccc(F)cc12.[2H]CF.[H-].[Na+]. The number of benzene rings is 6. The number of carbonyl (C=O) groups is 9. The van der Waals surface area contributed by atoms with Crippen molar-refractivity contribution < 1.29 is 127 Å². The average molecular weight is 1680 g/mol. The molecular formula is C88H93BrF4N7NaO16. The van der Waals surface area contributed by atoms with Crippen molar-refractivity contribution in [3.8, 4) is 48.2 Å². The second kappa shape index (κ2) is 43.1. The number of fused-ring (bicyclic) bond motifs is 10. The zero-order valence-corrected chi connectivity index (χ0v) is 69.7. The van der Waals surface area contributed by atoms with Crippen molar-refractivity contribution in [2.45, 2.75) is 147 Å². The normalized spacial score (nSPS) is 16.4. The maximum absolute atomic E-state index is 14.7. The maximum atomic E-state index is 14.7. The number of aliphatic carboxylic acids is 2. The molecule has 6 aromatic carbocycles. The fourth-order valence-corrected chi connectivity index (χ4v) is 14.1. The second-order valence-corrected chi connectivity index (χ2v) is 30.0. The Morgan fingerprint density at radius 3 is 1.85 bits per heavy atom. The van der Waals surface area contributed by atoms with E-state index in [1.54, 1.807) is 106 Å². The number of amides is 4. The molecule has 9 aromatic rings. The van der Waals surface area contributed by atoms with Crippen LogP contribution in [0.15, 0.2) is 146 Å². The molecule has 4 amide bonds. The number of carbonyl (C=O) groups excluding carboxylic acids is 7. The predicted octanol–water partition coefficient (Wildman–Crippen LogP) is 10.4. The zero-order valence-electron chi connectivity index (χ0n) is 68.1. The van der Waals surface area contributed by atoms with Crippen LogP contribution in [0.4, 0.5) is 27.2 Å². The Morgan fingerprint density at radius 2 is 1.29 bits per heavy atom. The summed E-state index contributed by atoms with van der Waals surface area (Å²) in [6.07, 6.45) is 18.0. The van der Waals surface area contributed by atoms with Crippen LogP contribution in [0.1, 0.15) is 108 Å². The van der Waals surface area contributed by atoms with Crippen LogP contribution in [0.2, 0.25) is 0 Å². The van der Waals surface area contributed by atoms with Gasteiger partial charge in [0.15, 0.2) is 11.8 Å². The summed E-state index contributed by atoms with van der Waals surface area (Å²) in [6.45, 7) is 10.4. The number of carboxylic acids is 2. The maximum Gasteiger partial charge on any atom is 1.00 e. The number of hydrogen-bond acceptors (Lipinski definition) is 14. The number of aromatic nitrogens is 3. The fraction of sp³-hybridized carbons (Fsp3) is 0.352. The van der Waals surface area contributed by atoms with Gasteiger partial charge >= 0.3 is 65.6 Å². The molecule has 6 N–H and O–H groups in total. The van der Waals surface area contributed by atoms with Crippen LogP contribution in [-0.4, -0.2) is 158 Å². The quantitative estimate of drug-likeness (QED) is 0.0123. The minimum Gasteiger partial charge on any atom is -1.00 e. The third-order valence-electron chi connectivity index (χ3n) is 18.9. The predicted molar refractivity (Wildman–Crippen MR) is 433 cm³/mol. The summed E-state index contributed by atoms with van der Waals surface area (Å²) in [4.78, 5) is 120. The number of hydrogen-bond donors (Lipinski definition) is 6. The van der Waals surface area contributed by atoms with E-state index in [-0.39, 0.29) is 114 Å². The molecule has 1 fully saturated rings. The Hall–Kier alpha value is -11.2. The minimum absolute atomic E-state index is 0. The number of carboxylic acid groups (broad SMARTS) is 2. The van der Waals surface area contributed by atoms with Gasteiger partial charge in [-0.25, -0.2) is 32.3 Å².